The van der Waals surface area contributed by atoms with Gasteiger partial charge >= 0.3 is 0 Å². The highest BCUT2D eigenvalue weighted by atomic mass is 28.3. The molecule has 0 aromatic heterocycles. The molecule has 0 aliphatic heterocycles. The van der Waals surface area contributed by atoms with E-state index in [0.29, 0.717) is 0 Å². The van der Waals surface area contributed by atoms with E-state index in [4.69, 9.17) is 10.3 Å². The zero-order valence-corrected chi connectivity index (χ0v) is 11.9. The fourth-order valence-electron chi connectivity index (χ4n) is 1.49. The molecule has 0 amide bonds. The van der Waals surface area contributed by atoms with Gasteiger partial charge in [-0.25, -0.2) is 0 Å². The summed E-state index contributed by atoms with van der Waals surface area (Å²) in [5.41, 5.74) is 11.9. The van der Waals surface area contributed by atoms with Crippen molar-refractivity contribution in [1.82, 2.24) is 0 Å². The van der Waals surface area contributed by atoms with Crippen LogP contribution in [0.4, 0.5) is 11.4 Å². The van der Waals surface area contributed by atoms with Crippen molar-refractivity contribution in [3.05, 3.63) is 23.8 Å². The summed E-state index contributed by atoms with van der Waals surface area (Å²) < 4.78 is 5.55. The molecule has 0 bridgehead atoms. The molecule has 0 radical (unpaired) electrons. The van der Waals surface area contributed by atoms with Crippen LogP contribution in [-0.4, -0.2) is 9.04 Å². The molecule has 0 atom stereocenters. The summed E-state index contributed by atoms with van der Waals surface area (Å²) in [7, 11) is -1.10. The second kappa shape index (κ2) is 4.89. The summed E-state index contributed by atoms with van der Waals surface area (Å²) in [6, 6.07) is 5.96. The maximum absolute atomic E-state index is 5.98. The summed E-state index contributed by atoms with van der Waals surface area (Å²) in [6.07, 6.45) is 0. The van der Waals surface area contributed by atoms with E-state index in [1.54, 1.807) is 0 Å². The zero-order valence-electron chi connectivity index (χ0n) is 10.8. The third-order valence-electron chi connectivity index (χ3n) is 2.30. The van der Waals surface area contributed by atoms with Crippen LogP contribution in [0.15, 0.2) is 18.2 Å². The van der Waals surface area contributed by atoms with Gasteiger partial charge in [-0.3, -0.25) is 5.48 Å². The normalized spacial score (nSPS) is 11.9. The monoisotopic (exact) mass is 238 g/mol. The minimum atomic E-state index is -1.10. The summed E-state index contributed by atoms with van der Waals surface area (Å²) >= 11 is 0. The van der Waals surface area contributed by atoms with Crippen molar-refractivity contribution in [3.8, 4) is 0 Å². The van der Waals surface area contributed by atoms with Gasteiger partial charge in [-0.1, -0.05) is 32.9 Å². The van der Waals surface area contributed by atoms with Crippen molar-refractivity contribution < 1.29 is 4.53 Å². The van der Waals surface area contributed by atoms with E-state index in [1.165, 1.54) is 5.56 Å². The largest absolute Gasteiger partial charge is 0.397 e. The first-order valence-corrected chi connectivity index (χ1v) is 8.41. The van der Waals surface area contributed by atoms with Crippen molar-refractivity contribution in [2.24, 2.45) is 0 Å². The molecule has 90 valence electrons. The highest BCUT2D eigenvalue weighted by Crippen LogP contribution is 2.33. The number of rotatable bonds is 3. The van der Waals surface area contributed by atoms with Crippen LogP contribution in [0.25, 0.3) is 0 Å². The predicted octanol–water partition coefficient (Wildman–Crippen LogP) is 2.89. The van der Waals surface area contributed by atoms with Crippen molar-refractivity contribution in [2.45, 2.75) is 39.3 Å². The molecule has 0 saturated heterocycles. The van der Waals surface area contributed by atoms with Gasteiger partial charge in [-0.15, -0.1) is 0 Å². The molecule has 1 aromatic carbocycles. The minimum absolute atomic E-state index is 0.0552. The van der Waals surface area contributed by atoms with Crippen LogP contribution in [0.1, 0.15) is 26.3 Å². The Hall–Kier alpha value is -1.00. The van der Waals surface area contributed by atoms with Crippen LogP contribution >= 0.6 is 0 Å². The number of hydrogen-bond donors (Lipinski definition) is 2. The van der Waals surface area contributed by atoms with Crippen molar-refractivity contribution in [1.29, 1.82) is 0 Å². The van der Waals surface area contributed by atoms with Gasteiger partial charge in [0.25, 0.3) is 0 Å². The van der Waals surface area contributed by atoms with Crippen molar-refractivity contribution in [2.75, 3.05) is 11.2 Å². The van der Waals surface area contributed by atoms with E-state index in [-0.39, 0.29) is 5.41 Å². The average molecular weight is 238 g/mol. The van der Waals surface area contributed by atoms with Crippen molar-refractivity contribution >= 4 is 20.4 Å². The molecule has 4 heteroatoms. The average Bonchev–Trinajstić information content (AvgIpc) is 2.13. The Kier molecular flexibility index (Phi) is 3.99. The molecule has 0 saturated carbocycles. The van der Waals surface area contributed by atoms with Crippen LogP contribution in [-0.2, 0) is 9.94 Å². The van der Waals surface area contributed by atoms with Gasteiger partial charge in [0, 0.05) is 0 Å². The highest BCUT2D eigenvalue weighted by Gasteiger charge is 2.19. The second-order valence-corrected chi connectivity index (χ2v) is 7.62. The quantitative estimate of drug-likeness (QED) is 0.483. The molecule has 1 aromatic rings. The number of hydrogen-bond acceptors (Lipinski definition) is 3. The topological polar surface area (TPSA) is 47.3 Å². The maximum atomic E-state index is 5.98. The third-order valence-corrected chi connectivity index (χ3v) is 2.89. The Morgan fingerprint density at radius 1 is 1.25 bits per heavy atom. The molecule has 0 unspecified atom stereocenters. The lowest BCUT2D eigenvalue weighted by Crippen LogP contribution is -2.19. The first-order chi connectivity index (χ1) is 7.32. The molecule has 3 nitrogen and oxygen atoms in total. The van der Waals surface area contributed by atoms with Gasteiger partial charge in [0.15, 0.2) is 0 Å². The predicted molar refractivity (Wildman–Crippen MR) is 73.1 cm³/mol. The smallest absolute Gasteiger partial charge is 0.208 e. The molecule has 0 aliphatic carbocycles. The summed E-state index contributed by atoms with van der Waals surface area (Å²) in [5.74, 6) is 0. The van der Waals surface area contributed by atoms with Gasteiger partial charge in [-0.05, 0) is 30.1 Å². The lowest BCUT2D eigenvalue weighted by atomic mass is 9.85. The SMILES string of the molecule is C[SiH](C)ONc1c(N)cccc1C(C)(C)C. The Balaban J connectivity index is 3.04. The first kappa shape index (κ1) is 13.1. The molecule has 16 heavy (non-hydrogen) atoms. The van der Waals surface area contributed by atoms with E-state index >= 15 is 0 Å². The van der Waals surface area contributed by atoms with Gasteiger partial charge in [0.2, 0.25) is 9.04 Å². The molecular formula is C12H22N2OSi. The number of nitrogens with one attached hydrogen (secondary N) is 1. The van der Waals surface area contributed by atoms with Gasteiger partial charge in [0.05, 0.1) is 11.4 Å². The number of anilines is 2. The van der Waals surface area contributed by atoms with E-state index in [1.807, 2.05) is 12.1 Å². The van der Waals surface area contributed by atoms with Crippen LogP contribution in [0.3, 0.4) is 0 Å². The van der Waals surface area contributed by atoms with E-state index in [0.717, 1.165) is 11.4 Å². The van der Waals surface area contributed by atoms with Crippen molar-refractivity contribution in [3.63, 3.8) is 0 Å². The van der Waals surface area contributed by atoms with E-state index in [2.05, 4.69) is 45.4 Å². The summed E-state index contributed by atoms with van der Waals surface area (Å²) in [5, 5.41) is 0. The molecule has 1 rings (SSSR count). The number of para-hydroxylation sites is 1. The Labute approximate surface area is 99.7 Å². The van der Waals surface area contributed by atoms with E-state index in [9.17, 15) is 0 Å². The summed E-state index contributed by atoms with van der Waals surface area (Å²) in [6.45, 7) is 10.7. The molecule has 0 fully saturated rings. The highest BCUT2D eigenvalue weighted by molar-refractivity contribution is 6.48. The lowest BCUT2D eigenvalue weighted by molar-refractivity contribution is 0.416. The van der Waals surface area contributed by atoms with Gasteiger partial charge in [0.1, 0.15) is 0 Å². The minimum Gasteiger partial charge on any atom is -0.397 e. The van der Waals surface area contributed by atoms with Crippen LogP contribution in [0, 0.1) is 0 Å². The standard InChI is InChI=1S/C12H22N2OSi/c1-12(2,3)9-7-6-8-10(13)11(9)14-15-16(4)5/h6-8,14,16H,13H2,1-5H3. The number of nitrogens with two attached hydrogens (primary N) is 1. The third kappa shape index (κ3) is 3.25. The molecule has 0 spiro atoms. The van der Waals surface area contributed by atoms with Gasteiger partial charge in [-0.2, -0.15) is 0 Å². The maximum Gasteiger partial charge on any atom is 0.208 e. The fourth-order valence-corrected chi connectivity index (χ4v) is 1.84. The molecule has 3 N–H and O–H groups in total. The molecule has 0 heterocycles. The molecular weight excluding hydrogens is 216 g/mol. The lowest BCUT2D eigenvalue weighted by Gasteiger charge is -2.25. The summed E-state index contributed by atoms with van der Waals surface area (Å²) in [4.78, 5) is 0. The van der Waals surface area contributed by atoms with Crippen LogP contribution < -0.4 is 11.2 Å². The first-order valence-electron chi connectivity index (χ1n) is 5.63. The van der Waals surface area contributed by atoms with Crippen LogP contribution in [0.5, 0.6) is 0 Å². The number of benzene rings is 1. The second-order valence-electron chi connectivity index (χ2n) is 5.29. The Morgan fingerprint density at radius 3 is 2.38 bits per heavy atom. The molecule has 0 aliphatic rings. The zero-order chi connectivity index (χ0) is 12.3. The Morgan fingerprint density at radius 2 is 1.88 bits per heavy atom. The Bertz CT molecular complexity index is 359. The van der Waals surface area contributed by atoms with Crippen LogP contribution in [0.2, 0.25) is 13.1 Å². The van der Waals surface area contributed by atoms with Gasteiger partial charge < -0.3 is 10.3 Å². The number of nitrogen functional groups attached to an aromatic ring is 1. The fraction of sp³-hybridized carbons (Fsp3) is 0.500. The van der Waals surface area contributed by atoms with E-state index < -0.39 is 9.04 Å².